The van der Waals surface area contributed by atoms with E-state index < -0.39 is 17.8 Å². The first-order chi connectivity index (χ1) is 17.4. The van der Waals surface area contributed by atoms with E-state index in [9.17, 15) is 9.18 Å². The second-order valence-electron chi connectivity index (χ2n) is 9.46. The Labute approximate surface area is 218 Å². The van der Waals surface area contributed by atoms with Gasteiger partial charge in [0.25, 0.3) is 0 Å². The van der Waals surface area contributed by atoms with Gasteiger partial charge in [0.2, 0.25) is 0 Å². The lowest BCUT2D eigenvalue weighted by Crippen LogP contribution is -2.66. The molecule has 5 rings (SSSR count). The van der Waals surface area contributed by atoms with Crippen LogP contribution >= 0.6 is 22.9 Å². The summed E-state index contributed by atoms with van der Waals surface area (Å²) in [7, 11) is 1.35. The number of morpholine rings is 1. The summed E-state index contributed by atoms with van der Waals surface area (Å²) in [5, 5.41) is 6.14. The van der Waals surface area contributed by atoms with E-state index in [2.05, 4.69) is 33.9 Å². The van der Waals surface area contributed by atoms with Crippen LogP contribution in [0.1, 0.15) is 30.5 Å². The van der Waals surface area contributed by atoms with Crippen LogP contribution in [0.15, 0.2) is 46.0 Å². The predicted molar refractivity (Wildman–Crippen MR) is 137 cm³/mol. The lowest BCUT2D eigenvalue weighted by molar-refractivity contribution is -0.136. The van der Waals surface area contributed by atoms with Crippen LogP contribution in [0, 0.1) is 5.82 Å². The summed E-state index contributed by atoms with van der Waals surface area (Å²) < 4.78 is 25.0. The number of thiazole rings is 1. The van der Waals surface area contributed by atoms with Gasteiger partial charge in [-0.3, -0.25) is 14.8 Å². The van der Waals surface area contributed by atoms with Gasteiger partial charge in [0.1, 0.15) is 11.9 Å². The highest BCUT2D eigenvalue weighted by Gasteiger charge is 2.41. The molecular weight excluding hydrogens is 505 g/mol. The van der Waals surface area contributed by atoms with Crippen LogP contribution in [0.3, 0.4) is 0 Å². The van der Waals surface area contributed by atoms with E-state index in [1.807, 2.05) is 5.38 Å². The van der Waals surface area contributed by atoms with Gasteiger partial charge in [-0.05, 0) is 26.0 Å². The molecule has 8 nitrogen and oxygen atoms in total. The van der Waals surface area contributed by atoms with E-state index in [1.54, 1.807) is 12.3 Å². The highest BCUT2D eigenvalue weighted by atomic mass is 35.5. The number of benzene rings is 1. The maximum absolute atomic E-state index is 13.9. The first-order valence-corrected chi connectivity index (χ1v) is 13.2. The second-order valence-corrected chi connectivity index (χ2v) is 10.8. The molecule has 1 aromatic carbocycles. The average molecular weight is 534 g/mol. The van der Waals surface area contributed by atoms with E-state index in [1.165, 1.54) is 30.6 Å². The first kappa shape index (κ1) is 25.3. The Bertz CT molecular complexity index is 1170. The summed E-state index contributed by atoms with van der Waals surface area (Å²) in [4.78, 5) is 27.3. The molecule has 0 radical (unpaired) electrons. The van der Waals surface area contributed by atoms with E-state index >= 15 is 0 Å². The number of nitrogens with zero attached hydrogens (tertiary/aromatic N) is 4. The lowest BCUT2D eigenvalue weighted by Gasteiger charge is -2.51. The summed E-state index contributed by atoms with van der Waals surface area (Å²) in [5.41, 5.74) is 1.57. The third-order valence-corrected chi connectivity index (χ3v) is 8.05. The molecular formula is C25H29ClFN5O3S. The molecule has 0 amide bonds. The average Bonchev–Trinajstić information content (AvgIpc) is 3.38. The fourth-order valence-corrected chi connectivity index (χ4v) is 5.95. The number of fused-ring (bicyclic) bond motifs is 2. The number of carbonyl (C=O) groups excluding carboxylic acids is 1. The van der Waals surface area contributed by atoms with Gasteiger partial charge in [0.15, 0.2) is 10.8 Å². The van der Waals surface area contributed by atoms with Gasteiger partial charge in [0, 0.05) is 65.6 Å². The highest BCUT2D eigenvalue weighted by molar-refractivity contribution is 7.11. The summed E-state index contributed by atoms with van der Waals surface area (Å²) in [6.07, 6.45) is 1.70. The second kappa shape index (κ2) is 10.5. The minimum absolute atomic E-state index is 0.183. The molecule has 192 valence electrons. The van der Waals surface area contributed by atoms with Crippen LogP contribution in [0.5, 0.6) is 0 Å². The van der Waals surface area contributed by atoms with Crippen molar-refractivity contribution in [1.82, 2.24) is 20.1 Å². The normalized spacial score (nSPS) is 25.1. The third-order valence-electron chi connectivity index (χ3n) is 6.94. The van der Waals surface area contributed by atoms with Crippen molar-refractivity contribution in [3.8, 4) is 0 Å². The molecule has 1 aromatic heterocycles. The lowest BCUT2D eigenvalue weighted by atomic mass is 9.94. The van der Waals surface area contributed by atoms with Crippen molar-refractivity contribution in [2.75, 3.05) is 40.0 Å². The molecule has 3 aliphatic rings. The number of rotatable bonds is 6. The number of piperazine rings is 1. The van der Waals surface area contributed by atoms with Crippen LogP contribution in [-0.4, -0.2) is 84.7 Å². The summed E-state index contributed by atoms with van der Waals surface area (Å²) >= 11 is 7.90. The van der Waals surface area contributed by atoms with Crippen molar-refractivity contribution in [2.45, 2.75) is 38.0 Å². The number of halogens is 2. The SMILES string of the molecule is COC(=O)C1=C(CN2C3COC[C@H]2CN(C(C)C)C3)NC(c2nccs2)=NC1c1ccc(F)cc1Cl. The minimum Gasteiger partial charge on any atom is -0.466 e. The molecule has 36 heavy (non-hydrogen) atoms. The van der Waals surface area contributed by atoms with Crippen molar-refractivity contribution in [1.29, 1.82) is 0 Å². The maximum Gasteiger partial charge on any atom is 0.338 e. The molecule has 2 aromatic rings. The molecule has 11 heteroatoms. The van der Waals surface area contributed by atoms with Gasteiger partial charge < -0.3 is 14.8 Å². The topological polar surface area (TPSA) is 79.3 Å². The van der Waals surface area contributed by atoms with E-state index in [0.29, 0.717) is 53.5 Å². The van der Waals surface area contributed by atoms with Gasteiger partial charge >= 0.3 is 5.97 Å². The quantitative estimate of drug-likeness (QED) is 0.571. The first-order valence-electron chi connectivity index (χ1n) is 11.9. The molecule has 0 aliphatic carbocycles. The Morgan fingerprint density at radius 2 is 2.08 bits per heavy atom. The maximum atomic E-state index is 13.9. The molecule has 4 heterocycles. The van der Waals surface area contributed by atoms with Crippen LogP contribution in [0.25, 0.3) is 0 Å². The van der Waals surface area contributed by atoms with Crippen LogP contribution in [0.4, 0.5) is 4.39 Å². The molecule has 2 unspecified atom stereocenters. The summed E-state index contributed by atoms with van der Waals surface area (Å²) in [6, 6.07) is 4.17. The van der Waals surface area contributed by atoms with Gasteiger partial charge in [-0.25, -0.2) is 14.2 Å². The Morgan fingerprint density at radius 1 is 1.33 bits per heavy atom. The molecule has 2 fully saturated rings. The van der Waals surface area contributed by atoms with Gasteiger partial charge in [0.05, 0.1) is 25.9 Å². The monoisotopic (exact) mass is 533 g/mol. The number of esters is 1. The zero-order chi connectivity index (χ0) is 25.4. The molecule has 1 N–H and O–H groups in total. The smallest absolute Gasteiger partial charge is 0.338 e. The zero-order valence-electron chi connectivity index (χ0n) is 20.4. The minimum atomic E-state index is -0.770. The number of carbonyl (C=O) groups is 1. The fourth-order valence-electron chi connectivity index (χ4n) is 5.09. The zero-order valence-corrected chi connectivity index (χ0v) is 22.0. The number of hydrogen-bond donors (Lipinski definition) is 1. The standard InChI is InChI=1S/C25H29ClFN5O3S/c1-14(2)31-9-16-12-35-13-17(10-31)32(16)11-20-21(25(33)34-3)22(18-5-4-15(27)8-19(18)26)30-23(29-20)24-28-6-7-36-24/h4-8,14,16-17,22H,9-13H2,1-3H3,(H,29,30)/t16-,17?,22?/m1/s1. The predicted octanol–water partition coefficient (Wildman–Crippen LogP) is 3.25. The summed E-state index contributed by atoms with van der Waals surface area (Å²) in [5.74, 6) is -0.422. The number of nitrogens with one attached hydrogen (secondary N) is 1. The van der Waals surface area contributed by atoms with Gasteiger partial charge in [-0.15, -0.1) is 11.3 Å². The van der Waals surface area contributed by atoms with Crippen molar-refractivity contribution >= 4 is 34.7 Å². The van der Waals surface area contributed by atoms with Gasteiger partial charge in [-0.2, -0.15) is 0 Å². The Kier molecular flexibility index (Phi) is 7.41. The molecule has 2 saturated heterocycles. The highest BCUT2D eigenvalue weighted by Crippen LogP contribution is 2.37. The third kappa shape index (κ3) is 4.92. The number of hydrogen-bond acceptors (Lipinski definition) is 9. The van der Waals surface area contributed by atoms with E-state index in [4.69, 9.17) is 26.1 Å². The number of methoxy groups -OCH3 is 1. The number of aromatic nitrogens is 1. The Hall–Kier alpha value is -2.37. The van der Waals surface area contributed by atoms with E-state index in [-0.39, 0.29) is 17.1 Å². The Morgan fingerprint density at radius 3 is 2.69 bits per heavy atom. The number of ether oxygens (including phenoxy) is 2. The molecule has 3 atom stereocenters. The molecule has 2 bridgehead atoms. The number of aliphatic imine (C=N–C) groups is 1. The van der Waals surface area contributed by atoms with Crippen molar-refractivity contribution in [3.05, 3.63) is 62.5 Å². The van der Waals surface area contributed by atoms with Crippen molar-refractivity contribution in [3.63, 3.8) is 0 Å². The molecule has 3 aliphatic heterocycles. The van der Waals surface area contributed by atoms with Crippen LogP contribution < -0.4 is 5.32 Å². The van der Waals surface area contributed by atoms with Gasteiger partial charge in [-0.1, -0.05) is 17.7 Å². The van der Waals surface area contributed by atoms with E-state index in [0.717, 1.165) is 13.1 Å². The van der Waals surface area contributed by atoms with Crippen LogP contribution in [0.2, 0.25) is 5.02 Å². The van der Waals surface area contributed by atoms with Crippen molar-refractivity contribution < 1.29 is 18.7 Å². The summed E-state index contributed by atoms with van der Waals surface area (Å²) in [6.45, 7) is 7.92. The fraction of sp³-hybridized carbons (Fsp3) is 0.480. The largest absolute Gasteiger partial charge is 0.466 e. The molecule has 0 spiro atoms. The van der Waals surface area contributed by atoms with Crippen molar-refractivity contribution in [2.24, 2.45) is 4.99 Å². The Balaban J connectivity index is 1.57. The number of amidine groups is 1. The molecule has 0 saturated carbocycles. The van der Waals surface area contributed by atoms with Crippen LogP contribution in [-0.2, 0) is 14.3 Å².